The van der Waals surface area contributed by atoms with Crippen molar-refractivity contribution in [3.05, 3.63) is 16.1 Å². The molecule has 1 fully saturated rings. The molecule has 1 unspecified atom stereocenters. The molecule has 0 aromatic carbocycles. The third-order valence-electron chi connectivity index (χ3n) is 4.10. The summed E-state index contributed by atoms with van der Waals surface area (Å²) in [5, 5.41) is 6.51. The van der Waals surface area contributed by atoms with Gasteiger partial charge in [-0.15, -0.1) is 35.3 Å². The maximum absolute atomic E-state index is 5.33. The quantitative estimate of drug-likeness (QED) is 0.258. The fourth-order valence-electron chi connectivity index (χ4n) is 2.44. The van der Waals surface area contributed by atoms with Gasteiger partial charge < -0.3 is 15.0 Å². The maximum Gasteiger partial charge on any atom is 0.194 e. The zero-order valence-corrected chi connectivity index (χ0v) is 18.4. The van der Waals surface area contributed by atoms with Crippen LogP contribution in [0.3, 0.4) is 0 Å². The number of ether oxygens (including phenoxy) is 1. The van der Waals surface area contributed by atoms with Gasteiger partial charge >= 0.3 is 0 Å². The lowest BCUT2D eigenvalue weighted by Crippen LogP contribution is -2.38. The van der Waals surface area contributed by atoms with Gasteiger partial charge in [-0.3, -0.25) is 4.99 Å². The van der Waals surface area contributed by atoms with E-state index in [-0.39, 0.29) is 30.1 Å². The molecule has 2 rings (SSSR count). The Hall–Kier alpha value is -0.410. The largest absolute Gasteiger partial charge is 0.375 e. The predicted octanol–water partition coefficient (Wildman–Crippen LogP) is 4.06. The van der Waals surface area contributed by atoms with Gasteiger partial charge in [0.25, 0.3) is 0 Å². The number of nitrogens with zero attached hydrogens (tertiary/aromatic N) is 3. The lowest BCUT2D eigenvalue weighted by atomic mass is 10.2. The molecular weight excluding hydrogens is 435 g/mol. The Bertz CT molecular complexity index is 505. The van der Waals surface area contributed by atoms with Crippen molar-refractivity contribution in [2.45, 2.75) is 52.2 Å². The summed E-state index contributed by atoms with van der Waals surface area (Å²) in [4.78, 5) is 11.6. The molecule has 7 heteroatoms. The molecule has 24 heavy (non-hydrogen) atoms. The normalized spacial score (nSPS) is 15.8. The van der Waals surface area contributed by atoms with E-state index in [4.69, 9.17) is 9.73 Å². The summed E-state index contributed by atoms with van der Waals surface area (Å²) in [5.41, 5.74) is 1.07. The molecular formula is C17H31IN4OS. The molecule has 5 nitrogen and oxygen atoms in total. The van der Waals surface area contributed by atoms with Gasteiger partial charge in [-0.05, 0) is 32.6 Å². The van der Waals surface area contributed by atoms with Crippen molar-refractivity contribution < 1.29 is 4.74 Å². The van der Waals surface area contributed by atoms with Crippen molar-refractivity contribution in [3.8, 4) is 0 Å². The highest BCUT2D eigenvalue weighted by Crippen LogP contribution is 2.33. The van der Waals surface area contributed by atoms with Crippen molar-refractivity contribution in [1.82, 2.24) is 15.2 Å². The molecule has 1 aromatic heterocycles. The highest BCUT2D eigenvalue weighted by atomic mass is 127. The molecule has 0 aliphatic heterocycles. The van der Waals surface area contributed by atoms with Gasteiger partial charge in [0.15, 0.2) is 5.96 Å². The van der Waals surface area contributed by atoms with Crippen LogP contribution in [0.25, 0.3) is 0 Å². The molecule has 1 N–H and O–H groups in total. The predicted molar refractivity (Wildman–Crippen MR) is 112 cm³/mol. The Kier molecular flexibility index (Phi) is 10.1. The average molecular weight is 466 g/mol. The number of thiazole rings is 1. The van der Waals surface area contributed by atoms with Crippen LogP contribution in [0.4, 0.5) is 0 Å². The van der Waals surface area contributed by atoms with Crippen LogP contribution in [0, 0.1) is 5.92 Å². The fraction of sp³-hybridized carbons (Fsp3) is 0.765. The third-order valence-corrected chi connectivity index (χ3v) is 5.15. The minimum Gasteiger partial charge on any atom is -0.375 e. The summed E-state index contributed by atoms with van der Waals surface area (Å²) < 4.78 is 5.33. The summed E-state index contributed by atoms with van der Waals surface area (Å²) >= 11 is 1.66. The molecule has 0 bridgehead atoms. The van der Waals surface area contributed by atoms with E-state index >= 15 is 0 Å². The molecule has 1 atom stereocenters. The van der Waals surface area contributed by atoms with Crippen molar-refractivity contribution >= 4 is 41.3 Å². The van der Waals surface area contributed by atoms with Crippen LogP contribution in [-0.2, 0) is 11.3 Å². The molecule has 0 saturated heterocycles. The zero-order chi connectivity index (χ0) is 16.7. The van der Waals surface area contributed by atoms with E-state index in [1.807, 2.05) is 6.92 Å². The van der Waals surface area contributed by atoms with Gasteiger partial charge in [-0.1, -0.05) is 12.8 Å². The van der Waals surface area contributed by atoms with E-state index in [1.54, 1.807) is 18.4 Å². The molecule has 0 radical (unpaired) electrons. The van der Waals surface area contributed by atoms with Crippen LogP contribution in [-0.4, -0.2) is 43.1 Å². The first-order valence-corrected chi connectivity index (χ1v) is 9.48. The van der Waals surface area contributed by atoms with Crippen molar-refractivity contribution in [2.75, 3.05) is 27.2 Å². The fourth-order valence-corrected chi connectivity index (χ4v) is 3.28. The second-order valence-corrected chi connectivity index (χ2v) is 7.12. The summed E-state index contributed by atoms with van der Waals surface area (Å²) in [7, 11) is 3.79. The van der Waals surface area contributed by atoms with Gasteiger partial charge in [0.1, 0.15) is 11.1 Å². The molecule has 1 heterocycles. The highest BCUT2D eigenvalue weighted by molar-refractivity contribution is 14.0. The Balaban J connectivity index is 0.00000288. The molecule has 138 valence electrons. The monoisotopic (exact) mass is 466 g/mol. The summed E-state index contributed by atoms with van der Waals surface area (Å²) in [5.74, 6) is 1.96. The van der Waals surface area contributed by atoms with Crippen LogP contribution < -0.4 is 5.32 Å². The van der Waals surface area contributed by atoms with Gasteiger partial charge in [-0.25, -0.2) is 4.98 Å². The van der Waals surface area contributed by atoms with Crippen molar-refractivity contribution in [3.63, 3.8) is 0 Å². The first kappa shape index (κ1) is 21.6. The number of hydrogen-bond acceptors (Lipinski definition) is 4. The summed E-state index contributed by atoms with van der Waals surface area (Å²) in [6.07, 6.45) is 5.44. The SMILES string of the molecule is CCNC(=NCCCC1CC1)N(C)Cc1csc(C(C)OC)n1.I. The van der Waals surface area contributed by atoms with E-state index < -0.39 is 0 Å². The molecule has 1 aliphatic rings. The van der Waals surface area contributed by atoms with Gasteiger partial charge in [0.05, 0.1) is 12.2 Å². The lowest BCUT2D eigenvalue weighted by molar-refractivity contribution is 0.119. The number of methoxy groups -OCH3 is 1. The van der Waals surface area contributed by atoms with Gasteiger partial charge in [-0.2, -0.15) is 0 Å². The standard InChI is InChI=1S/C17H30N4OS.HI/c1-5-18-17(19-10-6-7-14-8-9-14)21(3)11-15-12-23-16(20-15)13(2)22-4;/h12-14H,5-11H2,1-4H3,(H,18,19);1H. The molecule has 1 saturated carbocycles. The summed E-state index contributed by atoms with van der Waals surface area (Å²) in [6, 6.07) is 0. The third kappa shape index (κ3) is 7.23. The number of nitrogens with one attached hydrogen (secondary N) is 1. The van der Waals surface area contributed by atoms with E-state index in [2.05, 4.69) is 34.6 Å². The molecule has 1 aliphatic carbocycles. The number of aromatic nitrogens is 1. The van der Waals surface area contributed by atoms with Gasteiger partial charge in [0.2, 0.25) is 0 Å². The smallest absolute Gasteiger partial charge is 0.194 e. The Labute approximate surface area is 167 Å². The minimum atomic E-state index is 0. The van der Waals surface area contributed by atoms with E-state index in [0.717, 1.165) is 42.2 Å². The number of aliphatic imine (C=N–C) groups is 1. The summed E-state index contributed by atoms with van der Waals surface area (Å²) in [6.45, 7) is 6.69. The van der Waals surface area contributed by atoms with Crippen LogP contribution in [0.2, 0.25) is 0 Å². The highest BCUT2D eigenvalue weighted by Gasteiger charge is 2.20. The van der Waals surface area contributed by atoms with Crippen LogP contribution in [0.5, 0.6) is 0 Å². The van der Waals surface area contributed by atoms with E-state index in [9.17, 15) is 0 Å². The lowest BCUT2D eigenvalue weighted by Gasteiger charge is -2.21. The Morgan fingerprint density at radius 2 is 2.29 bits per heavy atom. The number of hydrogen-bond donors (Lipinski definition) is 1. The van der Waals surface area contributed by atoms with Crippen molar-refractivity contribution in [1.29, 1.82) is 0 Å². The van der Waals surface area contributed by atoms with Crippen LogP contribution in [0.15, 0.2) is 10.4 Å². The topological polar surface area (TPSA) is 49.8 Å². The zero-order valence-electron chi connectivity index (χ0n) is 15.2. The Morgan fingerprint density at radius 1 is 1.54 bits per heavy atom. The maximum atomic E-state index is 5.33. The minimum absolute atomic E-state index is 0. The first-order chi connectivity index (χ1) is 11.1. The van der Waals surface area contributed by atoms with Crippen LogP contribution in [0.1, 0.15) is 56.3 Å². The number of rotatable bonds is 9. The van der Waals surface area contributed by atoms with Gasteiger partial charge in [0, 0.05) is 32.6 Å². The molecule has 1 aromatic rings. The average Bonchev–Trinajstić information content (AvgIpc) is 3.26. The molecule has 0 spiro atoms. The van der Waals surface area contributed by atoms with Crippen molar-refractivity contribution in [2.24, 2.45) is 10.9 Å². The second kappa shape index (κ2) is 11.3. The number of halogens is 1. The second-order valence-electron chi connectivity index (χ2n) is 6.23. The van der Waals surface area contributed by atoms with Crippen LogP contribution >= 0.6 is 35.3 Å². The Morgan fingerprint density at radius 3 is 2.92 bits per heavy atom. The first-order valence-electron chi connectivity index (χ1n) is 8.60. The van der Waals surface area contributed by atoms with E-state index in [1.165, 1.54) is 25.7 Å². The molecule has 0 amide bonds. The number of guanidine groups is 1. The van der Waals surface area contributed by atoms with E-state index in [0.29, 0.717) is 0 Å².